The first-order chi connectivity index (χ1) is 6.45. The number of aliphatic carboxylic acids is 2. The quantitative estimate of drug-likeness (QED) is 0.207. The molecule has 0 fully saturated rings. The van der Waals surface area contributed by atoms with Crippen LogP contribution in [0.3, 0.4) is 0 Å². The molecular formula is C6H16N2O4S2Se2. The Morgan fingerprint density at radius 2 is 1.19 bits per heavy atom. The van der Waals surface area contributed by atoms with Crippen LogP contribution in [-0.2, 0) is 9.59 Å². The van der Waals surface area contributed by atoms with Gasteiger partial charge in [0, 0.05) is 11.5 Å². The van der Waals surface area contributed by atoms with Gasteiger partial charge in [-0.15, -0.1) is 0 Å². The van der Waals surface area contributed by atoms with Crippen LogP contribution in [0.5, 0.6) is 0 Å². The van der Waals surface area contributed by atoms with Gasteiger partial charge in [0.1, 0.15) is 12.1 Å². The average molecular weight is 402 g/mol. The Balaban J connectivity index is -0.000000845. The van der Waals surface area contributed by atoms with Crippen molar-refractivity contribution in [3.8, 4) is 0 Å². The van der Waals surface area contributed by atoms with Crippen LogP contribution in [0.2, 0.25) is 0 Å². The number of hydrogen-bond donors (Lipinski definition) is 4. The van der Waals surface area contributed by atoms with Crippen molar-refractivity contribution in [3.63, 3.8) is 0 Å². The summed E-state index contributed by atoms with van der Waals surface area (Å²) in [6.07, 6.45) is 0. The van der Waals surface area contributed by atoms with Gasteiger partial charge in [-0.3, -0.25) is 9.59 Å². The van der Waals surface area contributed by atoms with Crippen molar-refractivity contribution in [1.82, 2.24) is 0 Å². The van der Waals surface area contributed by atoms with E-state index in [9.17, 15) is 9.59 Å². The second-order valence-electron chi connectivity index (χ2n) is 2.46. The van der Waals surface area contributed by atoms with E-state index in [1.807, 2.05) is 0 Å². The topological polar surface area (TPSA) is 127 Å². The SMILES string of the molecule is N[C@@H](CSSC[C@H](N)C(=O)O)C(=O)O.[SeH2].[SeH2]. The minimum absolute atomic E-state index is 0. The molecule has 0 aliphatic carbocycles. The predicted molar refractivity (Wildman–Crippen MR) is 73.2 cm³/mol. The Labute approximate surface area is 122 Å². The molecule has 0 radical (unpaired) electrons. The third kappa shape index (κ3) is 11.1. The molecule has 0 bridgehead atoms. The van der Waals surface area contributed by atoms with Crippen LogP contribution < -0.4 is 11.5 Å². The van der Waals surface area contributed by atoms with E-state index in [4.69, 9.17) is 21.7 Å². The molecule has 0 unspecified atom stereocenters. The van der Waals surface area contributed by atoms with E-state index in [1.54, 1.807) is 0 Å². The molecule has 2 atom stereocenters. The van der Waals surface area contributed by atoms with Crippen molar-refractivity contribution in [3.05, 3.63) is 0 Å². The van der Waals surface area contributed by atoms with Gasteiger partial charge in [0.15, 0.2) is 0 Å². The summed E-state index contributed by atoms with van der Waals surface area (Å²) in [7, 11) is 2.41. The molecule has 0 aromatic rings. The van der Waals surface area contributed by atoms with Gasteiger partial charge in [0.2, 0.25) is 0 Å². The summed E-state index contributed by atoms with van der Waals surface area (Å²) < 4.78 is 0. The molecule has 0 spiro atoms. The average Bonchev–Trinajstić information content (AvgIpc) is 2.11. The zero-order valence-electron chi connectivity index (χ0n) is 8.25. The van der Waals surface area contributed by atoms with Crippen molar-refractivity contribution in [2.75, 3.05) is 11.5 Å². The van der Waals surface area contributed by atoms with Crippen LogP contribution in [-0.4, -0.2) is 79.9 Å². The first-order valence-electron chi connectivity index (χ1n) is 3.66. The van der Waals surface area contributed by atoms with Crippen molar-refractivity contribution in [1.29, 1.82) is 0 Å². The molecule has 0 heterocycles. The summed E-state index contributed by atoms with van der Waals surface area (Å²) in [5, 5.41) is 16.8. The van der Waals surface area contributed by atoms with Crippen LogP contribution in [0.4, 0.5) is 0 Å². The second-order valence-corrected chi connectivity index (χ2v) is 5.01. The summed E-state index contributed by atoms with van der Waals surface area (Å²) in [6.45, 7) is 0. The molecule has 6 nitrogen and oxygen atoms in total. The molecule has 10 heteroatoms. The molecule has 0 aliphatic heterocycles. The number of carboxylic acid groups (broad SMARTS) is 2. The summed E-state index contributed by atoms with van der Waals surface area (Å²) in [4.78, 5) is 20.5. The first kappa shape index (κ1) is 21.8. The zero-order chi connectivity index (χ0) is 11.1. The summed E-state index contributed by atoms with van der Waals surface area (Å²) in [5.74, 6) is -1.68. The van der Waals surface area contributed by atoms with Gasteiger partial charge in [-0.25, -0.2) is 0 Å². The van der Waals surface area contributed by atoms with Crippen LogP contribution in [0.15, 0.2) is 0 Å². The second kappa shape index (κ2) is 12.1. The van der Waals surface area contributed by atoms with E-state index in [2.05, 4.69) is 0 Å². The van der Waals surface area contributed by atoms with Gasteiger partial charge in [0.05, 0.1) is 0 Å². The number of hydrogen-bond acceptors (Lipinski definition) is 6. The summed E-state index contributed by atoms with van der Waals surface area (Å²) in [5.41, 5.74) is 10.4. The van der Waals surface area contributed by atoms with Gasteiger partial charge in [-0.1, -0.05) is 21.6 Å². The normalized spacial score (nSPS) is 12.9. The first-order valence-corrected chi connectivity index (χ1v) is 6.15. The maximum absolute atomic E-state index is 10.3. The molecular weight excluding hydrogens is 386 g/mol. The van der Waals surface area contributed by atoms with E-state index < -0.39 is 24.0 Å². The fourth-order valence-electron chi connectivity index (χ4n) is 0.385. The van der Waals surface area contributed by atoms with Crippen LogP contribution >= 0.6 is 21.6 Å². The molecule has 0 amide bonds. The van der Waals surface area contributed by atoms with E-state index in [0.717, 1.165) is 0 Å². The predicted octanol–water partition coefficient (Wildman–Crippen LogP) is -2.64. The van der Waals surface area contributed by atoms with E-state index in [0.29, 0.717) is 0 Å². The number of carbonyl (C=O) groups is 2. The molecule has 6 N–H and O–H groups in total. The minimum atomic E-state index is -1.07. The van der Waals surface area contributed by atoms with Crippen molar-refractivity contribution in [2.45, 2.75) is 12.1 Å². The van der Waals surface area contributed by atoms with Crippen LogP contribution in [0.25, 0.3) is 0 Å². The molecule has 0 aromatic heterocycles. The Hall–Kier alpha value is 0.599. The van der Waals surface area contributed by atoms with Crippen LogP contribution in [0, 0.1) is 0 Å². The molecule has 0 aromatic carbocycles. The maximum atomic E-state index is 10.3. The van der Waals surface area contributed by atoms with Crippen molar-refractivity contribution >= 4 is 67.7 Å². The molecule has 0 rings (SSSR count). The van der Waals surface area contributed by atoms with E-state index in [1.165, 1.54) is 21.6 Å². The number of nitrogens with two attached hydrogens (primary N) is 2. The van der Waals surface area contributed by atoms with Gasteiger partial charge >= 0.3 is 46.1 Å². The standard InChI is InChI=1S/C6H12N2O4S2.2H2Se/c7-3(5(9)10)1-13-14-2-4(8)6(11)12;;/h3-4H,1-2,7-8H2,(H,9,10)(H,11,12);2*1H2/t3-,4-;;/m0../s1. The molecule has 16 heavy (non-hydrogen) atoms. The molecule has 0 saturated carbocycles. The Bertz CT molecular complexity index is 201. The number of carboxylic acids is 2. The van der Waals surface area contributed by atoms with E-state index >= 15 is 0 Å². The fourth-order valence-corrected chi connectivity index (χ4v) is 2.61. The van der Waals surface area contributed by atoms with Gasteiger partial charge in [0.25, 0.3) is 0 Å². The third-order valence-corrected chi connectivity index (χ3v) is 3.69. The molecule has 0 aliphatic rings. The Morgan fingerprint density at radius 1 is 0.938 bits per heavy atom. The van der Waals surface area contributed by atoms with Gasteiger partial charge in [-0.2, -0.15) is 0 Å². The van der Waals surface area contributed by atoms with Crippen LogP contribution in [0.1, 0.15) is 0 Å². The number of rotatable bonds is 7. The summed E-state index contributed by atoms with van der Waals surface area (Å²) in [6, 6.07) is -1.85. The van der Waals surface area contributed by atoms with Crippen molar-refractivity contribution < 1.29 is 19.8 Å². The molecule has 0 saturated heterocycles. The molecule has 98 valence electrons. The fraction of sp³-hybridized carbons (Fsp3) is 0.667. The zero-order valence-corrected chi connectivity index (χ0v) is 14.1. The monoisotopic (exact) mass is 404 g/mol. The Kier molecular flexibility index (Phi) is 16.5. The third-order valence-electron chi connectivity index (χ3n) is 1.21. The van der Waals surface area contributed by atoms with Crippen molar-refractivity contribution in [2.24, 2.45) is 11.5 Å². The van der Waals surface area contributed by atoms with Gasteiger partial charge in [-0.05, 0) is 0 Å². The Morgan fingerprint density at radius 3 is 1.38 bits per heavy atom. The summed E-state index contributed by atoms with van der Waals surface area (Å²) >= 11 is 0. The van der Waals surface area contributed by atoms with E-state index in [-0.39, 0.29) is 45.6 Å². The van der Waals surface area contributed by atoms with Gasteiger partial charge < -0.3 is 21.7 Å².